The second-order valence-corrected chi connectivity index (χ2v) is 3.37. The molecule has 0 aromatic heterocycles. The number of hydrogen-bond acceptors (Lipinski definition) is 3. The molecule has 0 N–H and O–H groups in total. The lowest BCUT2D eigenvalue weighted by Crippen LogP contribution is -2.09. The average molecular weight is 241 g/mol. The van der Waals surface area contributed by atoms with Gasteiger partial charge < -0.3 is 9.47 Å². The van der Waals surface area contributed by atoms with Crippen LogP contribution in [-0.4, -0.2) is 19.9 Å². The van der Waals surface area contributed by atoms with Crippen molar-refractivity contribution in [1.82, 2.24) is 0 Å². The fourth-order valence-electron chi connectivity index (χ4n) is 1.24. The molecule has 3 nitrogen and oxygen atoms in total. The van der Waals surface area contributed by atoms with Crippen LogP contribution in [0.1, 0.15) is 11.1 Å². The zero-order valence-electron chi connectivity index (χ0n) is 9.03. The second-order valence-electron chi connectivity index (χ2n) is 3.11. The molecule has 0 aliphatic heterocycles. The lowest BCUT2D eigenvalue weighted by molar-refractivity contribution is -0.146. The maximum atomic E-state index is 11.5. The Bertz CT molecular complexity index is 388. The summed E-state index contributed by atoms with van der Waals surface area (Å²) in [7, 11) is 1.45. The van der Waals surface area contributed by atoms with Crippen LogP contribution in [0.5, 0.6) is 0 Å². The highest BCUT2D eigenvalue weighted by Gasteiger charge is 2.13. The van der Waals surface area contributed by atoms with Gasteiger partial charge in [0.1, 0.15) is 0 Å². The molecule has 1 aromatic carbocycles. The summed E-state index contributed by atoms with van der Waals surface area (Å²) < 4.78 is 9.45. The van der Waals surface area contributed by atoms with E-state index in [1.807, 2.05) is 18.2 Å². The highest BCUT2D eigenvalue weighted by Crippen LogP contribution is 2.20. The van der Waals surface area contributed by atoms with Crippen LogP contribution in [0.15, 0.2) is 30.8 Å². The monoisotopic (exact) mass is 240 g/mol. The molecule has 4 heteroatoms. The van der Waals surface area contributed by atoms with Crippen molar-refractivity contribution in [1.29, 1.82) is 0 Å². The van der Waals surface area contributed by atoms with E-state index in [-0.39, 0.29) is 12.4 Å². The molecule has 0 radical (unpaired) electrons. The first-order chi connectivity index (χ1) is 7.70. The number of carbonyl (C=O) groups excluding carboxylic acids is 1. The molecule has 0 unspecified atom stereocenters. The van der Waals surface area contributed by atoms with Crippen LogP contribution < -0.4 is 0 Å². The van der Waals surface area contributed by atoms with Gasteiger partial charge in [-0.15, -0.1) is 11.6 Å². The number of ether oxygens (including phenoxy) is 2. The van der Waals surface area contributed by atoms with E-state index in [4.69, 9.17) is 16.3 Å². The third-order valence-electron chi connectivity index (χ3n) is 2.04. The molecule has 1 aromatic rings. The van der Waals surface area contributed by atoms with Gasteiger partial charge in [-0.05, 0) is 11.1 Å². The lowest BCUT2D eigenvalue weighted by atomic mass is 10.0. The summed E-state index contributed by atoms with van der Waals surface area (Å²) in [6, 6.07) is 7.31. The number of methoxy groups -OCH3 is 1. The fraction of sp³-hybridized carbons (Fsp3) is 0.250. The van der Waals surface area contributed by atoms with E-state index < -0.39 is 5.97 Å². The molecule has 0 heterocycles. The minimum absolute atomic E-state index is 0.0824. The Morgan fingerprint density at radius 2 is 2.12 bits per heavy atom. The summed E-state index contributed by atoms with van der Waals surface area (Å²) in [6.07, 6.45) is 0. The number of carbonyl (C=O) groups is 1. The Hall–Kier alpha value is -1.32. The number of esters is 1. The van der Waals surface area contributed by atoms with E-state index >= 15 is 0 Å². The van der Waals surface area contributed by atoms with Crippen LogP contribution in [0.4, 0.5) is 0 Å². The van der Waals surface area contributed by atoms with Crippen molar-refractivity contribution in [2.45, 2.75) is 5.88 Å². The number of rotatable bonds is 5. The van der Waals surface area contributed by atoms with E-state index in [1.165, 1.54) is 7.11 Å². The Morgan fingerprint density at radius 1 is 1.44 bits per heavy atom. The van der Waals surface area contributed by atoms with Gasteiger partial charge in [-0.25, -0.2) is 4.79 Å². The average Bonchev–Trinajstić information content (AvgIpc) is 2.34. The van der Waals surface area contributed by atoms with Crippen LogP contribution in [0.2, 0.25) is 0 Å². The molecule has 0 amide bonds. The van der Waals surface area contributed by atoms with Crippen LogP contribution in [-0.2, 0) is 20.1 Å². The highest BCUT2D eigenvalue weighted by molar-refractivity contribution is 6.19. The normalized spacial score (nSPS) is 9.88. The summed E-state index contributed by atoms with van der Waals surface area (Å²) in [5, 5.41) is 0. The molecule has 0 bridgehead atoms. The predicted octanol–water partition coefficient (Wildman–Crippen LogP) is 2.59. The maximum absolute atomic E-state index is 11.5. The molecule has 0 spiro atoms. The summed E-state index contributed by atoms with van der Waals surface area (Å²) >= 11 is 5.77. The smallest absolute Gasteiger partial charge is 0.340 e. The van der Waals surface area contributed by atoms with Crippen molar-refractivity contribution in [2.75, 3.05) is 13.9 Å². The van der Waals surface area contributed by atoms with Crippen LogP contribution in [0, 0.1) is 0 Å². The molecule has 1 rings (SSSR count). The fourth-order valence-corrected chi connectivity index (χ4v) is 1.47. The third kappa shape index (κ3) is 3.08. The zero-order chi connectivity index (χ0) is 12.0. The van der Waals surface area contributed by atoms with Gasteiger partial charge >= 0.3 is 5.97 Å². The summed E-state index contributed by atoms with van der Waals surface area (Å²) in [6.45, 7) is 3.62. The zero-order valence-corrected chi connectivity index (χ0v) is 9.79. The van der Waals surface area contributed by atoms with E-state index in [0.29, 0.717) is 11.4 Å². The van der Waals surface area contributed by atoms with Crippen LogP contribution >= 0.6 is 11.6 Å². The van der Waals surface area contributed by atoms with Gasteiger partial charge in [0.15, 0.2) is 6.79 Å². The van der Waals surface area contributed by atoms with E-state index in [9.17, 15) is 4.79 Å². The second kappa shape index (κ2) is 6.30. The van der Waals surface area contributed by atoms with Gasteiger partial charge in [-0.3, -0.25) is 0 Å². The van der Waals surface area contributed by atoms with Crippen molar-refractivity contribution >= 4 is 23.1 Å². The number of hydrogen-bond donors (Lipinski definition) is 0. The first kappa shape index (κ1) is 12.7. The molecule has 0 saturated carbocycles. The SMILES string of the molecule is C=C(C(=O)OCOC)c1ccccc1CCl. The molecule has 0 aliphatic rings. The number of halogens is 1. The van der Waals surface area contributed by atoms with Crippen molar-refractivity contribution in [3.63, 3.8) is 0 Å². The molecule has 0 saturated heterocycles. The van der Waals surface area contributed by atoms with Gasteiger partial charge in [-0.2, -0.15) is 0 Å². The molecule has 0 fully saturated rings. The summed E-state index contributed by atoms with van der Waals surface area (Å²) in [5.41, 5.74) is 1.84. The largest absolute Gasteiger partial charge is 0.435 e. The van der Waals surface area contributed by atoms with E-state index in [1.54, 1.807) is 6.07 Å². The molecular formula is C12H13ClO3. The van der Waals surface area contributed by atoms with Crippen LogP contribution in [0.25, 0.3) is 5.57 Å². The highest BCUT2D eigenvalue weighted by atomic mass is 35.5. The minimum Gasteiger partial charge on any atom is -0.435 e. The molecule has 0 aliphatic carbocycles. The van der Waals surface area contributed by atoms with Gasteiger partial charge in [0, 0.05) is 13.0 Å². The summed E-state index contributed by atoms with van der Waals surface area (Å²) in [4.78, 5) is 11.5. The van der Waals surface area contributed by atoms with Gasteiger partial charge in [0.05, 0.1) is 5.57 Å². The first-order valence-corrected chi connectivity index (χ1v) is 5.23. The molecule has 0 atom stereocenters. The lowest BCUT2D eigenvalue weighted by Gasteiger charge is -2.09. The van der Waals surface area contributed by atoms with Crippen LogP contribution in [0.3, 0.4) is 0 Å². The van der Waals surface area contributed by atoms with E-state index in [0.717, 1.165) is 5.56 Å². The van der Waals surface area contributed by atoms with Gasteiger partial charge in [0.25, 0.3) is 0 Å². The summed E-state index contributed by atoms with van der Waals surface area (Å²) in [5.74, 6) is -0.174. The number of benzene rings is 1. The Morgan fingerprint density at radius 3 is 2.75 bits per heavy atom. The first-order valence-electron chi connectivity index (χ1n) is 4.70. The molecular weight excluding hydrogens is 228 g/mol. The van der Waals surface area contributed by atoms with Crippen molar-refractivity contribution in [2.24, 2.45) is 0 Å². The number of alkyl halides is 1. The van der Waals surface area contributed by atoms with Crippen molar-refractivity contribution < 1.29 is 14.3 Å². The Kier molecular flexibility index (Phi) is 5.02. The maximum Gasteiger partial charge on any atom is 0.340 e. The molecule has 86 valence electrons. The van der Waals surface area contributed by atoms with Gasteiger partial charge in [0.2, 0.25) is 0 Å². The standard InChI is InChI=1S/C12H13ClO3/c1-9(12(14)16-8-15-2)11-6-4-3-5-10(11)7-13/h3-6H,1,7-8H2,2H3. The van der Waals surface area contributed by atoms with E-state index in [2.05, 4.69) is 11.3 Å². The minimum atomic E-state index is -0.501. The topological polar surface area (TPSA) is 35.5 Å². The van der Waals surface area contributed by atoms with Gasteiger partial charge in [-0.1, -0.05) is 30.8 Å². The Labute approximate surface area is 99.6 Å². The van der Waals surface area contributed by atoms with Crippen molar-refractivity contribution in [3.8, 4) is 0 Å². The quantitative estimate of drug-likeness (QED) is 0.344. The predicted molar refractivity (Wildman–Crippen MR) is 63.0 cm³/mol. The van der Waals surface area contributed by atoms with Crippen molar-refractivity contribution in [3.05, 3.63) is 42.0 Å². The Balaban J connectivity index is 2.83. The third-order valence-corrected chi connectivity index (χ3v) is 2.33. The molecule has 16 heavy (non-hydrogen) atoms.